The highest BCUT2D eigenvalue weighted by Gasteiger charge is 2.32. The Morgan fingerprint density at radius 1 is 1.09 bits per heavy atom. The Bertz CT molecular complexity index is 1160. The van der Waals surface area contributed by atoms with Crippen molar-refractivity contribution in [2.24, 2.45) is 0 Å². The first-order chi connectivity index (χ1) is 16.9. The van der Waals surface area contributed by atoms with Crippen LogP contribution in [0.5, 0.6) is 5.75 Å². The third kappa shape index (κ3) is 4.73. The van der Waals surface area contributed by atoms with Crippen LogP contribution >= 0.6 is 0 Å². The molecule has 2 fully saturated rings. The fourth-order valence-corrected chi connectivity index (χ4v) is 4.60. The monoisotopic (exact) mass is 483 g/mol. The molecule has 0 radical (unpaired) electrons. The van der Waals surface area contributed by atoms with Crippen LogP contribution in [0.1, 0.15) is 46.8 Å². The second-order valence-corrected chi connectivity index (χ2v) is 9.02. The van der Waals surface area contributed by atoms with Crippen molar-refractivity contribution in [1.29, 1.82) is 0 Å². The van der Waals surface area contributed by atoms with Gasteiger partial charge in [0.05, 0.1) is 25.2 Å². The van der Waals surface area contributed by atoms with E-state index in [4.69, 9.17) is 9.47 Å². The second kappa shape index (κ2) is 9.65. The Labute approximate surface area is 202 Å². The standard InChI is InChI=1S/C26H27F2N3O4/c1-16(29-21-13-19(27)12-20(28)14-21)22-9-17(26(33)31-3-2-4-31)10-23-18(15-32)11-24(35-25(22)23)30-5-7-34-8-6-30/h9-16,18,29H,2-8H2,1H3. The van der Waals surface area contributed by atoms with Gasteiger partial charge in [-0.25, -0.2) is 8.78 Å². The van der Waals surface area contributed by atoms with Crippen molar-refractivity contribution in [1.82, 2.24) is 9.80 Å². The largest absolute Gasteiger partial charge is 0.441 e. The summed E-state index contributed by atoms with van der Waals surface area (Å²) in [6.07, 6.45) is 3.56. The molecule has 5 rings (SSSR count). The van der Waals surface area contributed by atoms with Gasteiger partial charge in [0.15, 0.2) is 5.88 Å². The molecule has 2 aromatic rings. The smallest absolute Gasteiger partial charge is 0.253 e. The van der Waals surface area contributed by atoms with Crippen LogP contribution in [-0.2, 0) is 9.53 Å². The predicted molar refractivity (Wildman–Crippen MR) is 125 cm³/mol. The Kier molecular flexibility index (Phi) is 6.42. The average molecular weight is 484 g/mol. The minimum Gasteiger partial charge on any atom is -0.441 e. The van der Waals surface area contributed by atoms with Gasteiger partial charge in [-0.05, 0) is 43.7 Å². The molecule has 7 nitrogen and oxygen atoms in total. The quantitative estimate of drug-likeness (QED) is 0.630. The number of anilines is 1. The topological polar surface area (TPSA) is 71.1 Å². The van der Waals surface area contributed by atoms with Gasteiger partial charge in [0.2, 0.25) is 0 Å². The summed E-state index contributed by atoms with van der Waals surface area (Å²) in [5, 5.41) is 3.11. The van der Waals surface area contributed by atoms with E-state index in [-0.39, 0.29) is 11.6 Å². The van der Waals surface area contributed by atoms with Gasteiger partial charge in [0, 0.05) is 54.6 Å². The summed E-state index contributed by atoms with van der Waals surface area (Å²) < 4.78 is 39.4. The molecule has 35 heavy (non-hydrogen) atoms. The van der Waals surface area contributed by atoms with E-state index in [0.717, 1.165) is 18.8 Å². The summed E-state index contributed by atoms with van der Waals surface area (Å²) in [6.45, 7) is 5.57. The van der Waals surface area contributed by atoms with Gasteiger partial charge in [0.25, 0.3) is 5.91 Å². The van der Waals surface area contributed by atoms with Crippen LogP contribution in [-0.4, -0.2) is 61.4 Å². The van der Waals surface area contributed by atoms with Crippen molar-refractivity contribution in [2.45, 2.75) is 25.3 Å². The molecule has 0 bridgehead atoms. The Hall–Kier alpha value is -3.46. The summed E-state index contributed by atoms with van der Waals surface area (Å²) in [6, 6.07) is 6.20. The first-order valence-electron chi connectivity index (χ1n) is 11.8. The molecule has 2 unspecified atom stereocenters. The lowest BCUT2D eigenvalue weighted by molar-refractivity contribution is -0.108. The zero-order valence-electron chi connectivity index (χ0n) is 19.4. The summed E-state index contributed by atoms with van der Waals surface area (Å²) >= 11 is 0. The van der Waals surface area contributed by atoms with Gasteiger partial charge >= 0.3 is 0 Å². The molecule has 2 aromatic carbocycles. The molecule has 3 aliphatic heterocycles. The summed E-state index contributed by atoms with van der Waals surface area (Å²) in [5.41, 5.74) is 1.94. The van der Waals surface area contributed by atoms with Crippen LogP contribution in [0.25, 0.3) is 0 Å². The van der Waals surface area contributed by atoms with Crippen LogP contribution in [0.2, 0.25) is 0 Å². The Morgan fingerprint density at radius 2 is 1.80 bits per heavy atom. The van der Waals surface area contributed by atoms with Gasteiger partial charge in [-0.3, -0.25) is 4.79 Å². The van der Waals surface area contributed by atoms with Crippen molar-refractivity contribution >= 4 is 17.9 Å². The minimum atomic E-state index is -0.696. The molecule has 184 valence electrons. The van der Waals surface area contributed by atoms with Crippen molar-refractivity contribution < 1.29 is 27.8 Å². The number of amides is 1. The molecular formula is C26H27F2N3O4. The molecule has 2 atom stereocenters. The number of aldehydes is 1. The first kappa shape index (κ1) is 23.3. The second-order valence-electron chi connectivity index (χ2n) is 9.02. The third-order valence-corrected chi connectivity index (χ3v) is 6.61. The lowest BCUT2D eigenvalue weighted by Crippen LogP contribution is -2.42. The summed E-state index contributed by atoms with van der Waals surface area (Å²) in [5.74, 6) is -1.07. The maximum Gasteiger partial charge on any atom is 0.253 e. The minimum absolute atomic E-state index is 0.114. The molecule has 0 aromatic heterocycles. The van der Waals surface area contributed by atoms with E-state index in [1.165, 1.54) is 12.1 Å². The number of hydrogen-bond donors (Lipinski definition) is 1. The lowest BCUT2D eigenvalue weighted by atomic mass is 9.90. The summed E-state index contributed by atoms with van der Waals surface area (Å²) in [4.78, 5) is 29.0. The normalized spacial score (nSPS) is 20.2. The number of likely N-dealkylation sites (tertiary alicyclic amines) is 1. The molecule has 0 spiro atoms. The van der Waals surface area contributed by atoms with E-state index < -0.39 is 23.6 Å². The number of ether oxygens (including phenoxy) is 2. The molecule has 1 amide bonds. The predicted octanol–water partition coefficient (Wildman–Crippen LogP) is 3.83. The Balaban J connectivity index is 1.55. The number of carbonyl (C=O) groups excluding carboxylic acids is 2. The van der Waals surface area contributed by atoms with E-state index in [9.17, 15) is 18.4 Å². The fraction of sp³-hybridized carbons (Fsp3) is 0.385. The van der Waals surface area contributed by atoms with Gasteiger partial charge in [-0.1, -0.05) is 0 Å². The molecule has 0 aliphatic carbocycles. The van der Waals surface area contributed by atoms with Crippen LogP contribution in [0, 0.1) is 11.6 Å². The van der Waals surface area contributed by atoms with Crippen LogP contribution in [0.15, 0.2) is 42.3 Å². The molecule has 9 heteroatoms. The van der Waals surface area contributed by atoms with Gasteiger partial charge in [-0.15, -0.1) is 0 Å². The zero-order chi connectivity index (χ0) is 24.5. The zero-order valence-corrected chi connectivity index (χ0v) is 19.4. The number of allylic oxidation sites excluding steroid dienone is 1. The highest BCUT2D eigenvalue weighted by Crippen LogP contribution is 2.42. The highest BCUT2D eigenvalue weighted by atomic mass is 19.1. The molecule has 0 saturated carbocycles. The van der Waals surface area contributed by atoms with Gasteiger partial charge < -0.3 is 29.4 Å². The van der Waals surface area contributed by atoms with Crippen LogP contribution in [0.4, 0.5) is 14.5 Å². The van der Waals surface area contributed by atoms with Crippen molar-refractivity contribution in [3.8, 4) is 5.75 Å². The number of morpholine rings is 1. The van der Waals surface area contributed by atoms with Gasteiger partial charge in [-0.2, -0.15) is 0 Å². The first-order valence-corrected chi connectivity index (χ1v) is 11.8. The Morgan fingerprint density at radius 3 is 2.43 bits per heavy atom. The summed E-state index contributed by atoms with van der Waals surface area (Å²) in [7, 11) is 0. The molecule has 2 saturated heterocycles. The number of nitrogens with zero attached hydrogens (tertiary/aromatic N) is 2. The molecule has 3 aliphatic rings. The highest BCUT2D eigenvalue weighted by molar-refractivity contribution is 5.96. The maximum absolute atomic E-state index is 13.8. The van der Waals surface area contributed by atoms with Crippen LogP contribution < -0.4 is 10.1 Å². The molecule has 3 heterocycles. The third-order valence-electron chi connectivity index (χ3n) is 6.61. The number of fused-ring (bicyclic) bond motifs is 1. The SMILES string of the molecule is CC(Nc1cc(F)cc(F)c1)c1cc(C(=O)N2CCC2)cc2c1OC(N1CCOCC1)=CC2C=O. The van der Waals surface area contributed by atoms with E-state index >= 15 is 0 Å². The lowest BCUT2D eigenvalue weighted by Gasteiger charge is -2.35. The number of halogens is 2. The van der Waals surface area contributed by atoms with Crippen molar-refractivity contribution in [2.75, 3.05) is 44.7 Å². The van der Waals surface area contributed by atoms with Gasteiger partial charge in [0.1, 0.15) is 23.7 Å². The fourth-order valence-electron chi connectivity index (χ4n) is 4.60. The number of carbonyl (C=O) groups is 2. The van der Waals surface area contributed by atoms with Crippen molar-refractivity contribution in [3.63, 3.8) is 0 Å². The molecular weight excluding hydrogens is 456 g/mol. The van der Waals surface area contributed by atoms with E-state index in [1.54, 1.807) is 23.1 Å². The number of hydrogen-bond acceptors (Lipinski definition) is 6. The number of nitrogens with one attached hydrogen (secondary N) is 1. The average Bonchev–Trinajstić information content (AvgIpc) is 2.81. The van der Waals surface area contributed by atoms with Crippen LogP contribution in [0.3, 0.4) is 0 Å². The number of benzene rings is 2. The van der Waals surface area contributed by atoms with E-state index in [1.807, 2.05) is 11.8 Å². The van der Waals surface area contributed by atoms with E-state index in [2.05, 4.69) is 5.32 Å². The van der Waals surface area contributed by atoms with E-state index in [0.29, 0.717) is 67.7 Å². The molecule has 1 N–H and O–H groups in total. The number of rotatable bonds is 6. The van der Waals surface area contributed by atoms with Crippen molar-refractivity contribution in [3.05, 3.63) is 70.6 Å². The maximum atomic E-state index is 13.8.